The molecule has 2 aromatic heterocycles. The molecule has 10 heteroatoms. The predicted molar refractivity (Wildman–Crippen MR) is 71.5 cm³/mol. The van der Waals surface area contributed by atoms with Crippen molar-refractivity contribution >= 4 is 45.4 Å². The van der Waals surface area contributed by atoms with E-state index in [-0.39, 0.29) is 80.6 Å². The van der Waals surface area contributed by atoms with Crippen LogP contribution in [0, 0.1) is 0 Å². The van der Waals surface area contributed by atoms with E-state index in [1.54, 1.807) is 0 Å². The molecule has 0 aliphatic carbocycles. The zero-order chi connectivity index (χ0) is 16.0. The van der Waals surface area contributed by atoms with Crippen molar-refractivity contribution in [1.82, 2.24) is 4.98 Å². The third-order valence-corrected chi connectivity index (χ3v) is 3.34. The van der Waals surface area contributed by atoms with Gasteiger partial charge in [-0.1, -0.05) is 11.6 Å². The van der Waals surface area contributed by atoms with Crippen LogP contribution in [0.3, 0.4) is 0 Å². The van der Waals surface area contributed by atoms with Crippen molar-refractivity contribution in [3.63, 3.8) is 0 Å². The molecule has 1 aromatic carbocycles. The largest absolute Gasteiger partial charge is 1.00 e. The normalized spacial score (nSPS) is 10.0. The molecule has 0 atom stereocenters. The summed E-state index contributed by atoms with van der Waals surface area (Å²) in [5.41, 5.74) is -1.24. The molecule has 110 valence electrons. The molecule has 3 aromatic rings. The number of carbonyl (C=O) groups is 2. The second-order valence-electron chi connectivity index (χ2n) is 4.37. The number of aromatic nitrogens is 1. The van der Waals surface area contributed by atoms with Crippen LogP contribution in [0.15, 0.2) is 33.5 Å². The summed E-state index contributed by atoms with van der Waals surface area (Å²) < 4.78 is 5.04. The van der Waals surface area contributed by atoms with Crippen LogP contribution >= 0.6 is 11.6 Å². The number of benzene rings is 1. The van der Waals surface area contributed by atoms with E-state index in [1.807, 2.05) is 0 Å². The number of hydrogen-bond acceptors (Lipinski definition) is 7. The number of aromatic carboxylic acids is 2. The smallest absolute Gasteiger partial charge is 0.543 e. The van der Waals surface area contributed by atoms with Gasteiger partial charge in [-0.2, -0.15) is 0 Å². The van der Waals surface area contributed by atoms with Crippen LogP contribution in [0.2, 0.25) is 5.02 Å². The van der Waals surface area contributed by atoms with Crippen LogP contribution < -0.4 is 74.8 Å². The SMILES string of the molecule is O=C([O-])c1cc(Cl)c2ccc3oc(C(=O)[O-])cc(=O)c3c2n1.[Na+].[Na+]. The Morgan fingerprint density at radius 3 is 2.33 bits per heavy atom. The monoisotopic (exact) mass is 363 g/mol. The molecule has 0 bridgehead atoms. The molecule has 0 radical (unpaired) electrons. The summed E-state index contributed by atoms with van der Waals surface area (Å²) in [6.07, 6.45) is 0. The molecule has 0 saturated carbocycles. The average Bonchev–Trinajstić information content (AvgIpc) is 2.45. The molecule has 24 heavy (non-hydrogen) atoms. The minimum atomic E-state index is -1.64. The molecular formula is C14H4ClNNa2O6. The number of carboxylic acid groups (broad SMARTS) is 2. The molecule has 0 fully saturated rings. The Morgan fingerprint density at radius 1 is 1.08 bits per heavy atom. The Balaban J connectivity index is 0.00000144. The predicted octanol–water partition coefficient (Wildman–Crippen LogP) is -6.27. The van der Waals surface area contributed by atoms with Crippen molar-refractivity contribution in [3.05, 3.63) is 51.0 Å². The molecule has 2 heterocycles. The van der Waals surface area contributed by atoms with Crippen LogP contribution in [-0.4, -0.2) is 16.9 Å². The molecule has 0 unspecified atom stereocenters. The standard InChI is InChI=1S/C14H6ClNO6.2Na/c15-6-3-7(13(18)19)16-12-5(6)1-2-9-11(12)8(17)4-10(22-9)14(20)21;;/h1-4H,(H,18,19)(H,20,21);;/q;2*+1/p-2. The summed E-state index contributed by atoms with van der Waals surface area (Å²) in [5, 5.41) is 22.0. The van der Waals surface area contributed by atoms with E-state index >= 15 is 0 Å². The van der Waals surface area contributed by atoms with Crippen molar-refractivity contribution in [2.24, 2.45) is 0 Å². The van der Waals surface area contributed by atoms with Crippen molar-refractivity contribution in [2.75, 3.05) is 0 Å². The maximum Gasteiger partial charge on any atom is 1.00 e. The van der Waals surface area contributed by atoms with Gasteiger partial charge in [0.05, 0.1) is 27.6 Å². The number of nitrogens with zero attached hydrogens (tertiary/aromatic N) is 1. The van der Waals surface area contributed by atoms with E-state index in [0.29, 0.717) is 5.39 Å². The van der Waals surface area contributed by atoms with Crippen LogP contribution in [0.5, 0.6) is 0 Å². The van der Waals surface area contributed by atoms with Crippen molar-refractivity contribution in [1.29, 1.82) is 0 Å². The van der Waals surface area contributed by atoms with Crippen LogP contribution in [0.25, 0.3) is 21.9 Å². The number of rotatable bonds is 2. The van der Waals surface area contributed by atoms with Gasteiger partial charge in [0.2, 0.25) is 0 Å². The Labute approximate surface area is 183 Å². The van der Waals surface area contributed by atoms with Crippen molar-refractivity contribution in [3.8, 4) is 0 Å². The Morgan fingerprint density at radius 2 is 1.75 bits per heavy atom. The molecule has 3 rings (SSSR count). The van der Waals surface area contributed by atoms with Gasteiger partial charge in [0.15, 0.2) is 11.2 Å². The van der Waals surface area contributed by atoms with Gasteiger partial charge in [-0.05, 0) is 18.2 Å². The van der Waals surface area contributed by atoms with E-state index in [1.165, 1.54) is 12.1 Å². The van der Waals surface area contributed by atoms with E-state index in [9.17, 15) is 24.6 Å². The number of fused-ring (bicyclic) bond motifs is 3. The number of pyridine rings is 1. The minimum Gasteiger partial charge on any atom is -0.543 e. The van der Waals surface area contributed by atoms with Gasteiger partial charge in [-0.25, -0.2) is 4.98 Å². The summed E-state index contributed by atoms with van der Waals surface area (Å²) >= 11 is 5.97. The molecule has 0 N–H and O–H groups in total. The topological polar surface area (TPSA) is 123 Å². The average molecular weight is 364 g/mol. The Hall–Kier alpha value is -0.930. The minimum absolute atomic E-state index is 0. The molecule has 0 aliphatic heterocycles. The molecule has 0 spiro atoms. The fraction of sp³-hybridized carbons (Fsp3) is 0. The van der Waals surface area contributed by atoms with Gasteiger partial charge in [0.25, 0.3) is 0 Å². The first-order chi connectivity index (χ1) is 10.4. The summed E-state index contributed by atoms with van der Waals surface area (Å²) in [7, 11) is 0. The van der Waals surface area contributed by atoms with E-state index in [4.69, 9.17) is 16.0 Å². The second kappa shape index (κ2) is 7.97. The van der Waals surface area contributed by atoms with Gasteiger partial charge < -0.3 is 24.2 Å². The zero-order valence-corrected chi connectivity index (χ0v) is 17.3. The van der Waals surface area contributed by atoms with Gasteiger partial charge in [-0.3, -0.25) is 4.79 Å². The number of carboxylic acids is 2. The zero-order valence-electron chi connectivity index (χ0n) is 12.6. The van der Waals surface area contributed by atoms with E-state index < -0.39 is 28.8 Å². The van der Waals surface area contributed by atoms with Gasteiger partial charge in [-0.15, -0.1) is 0 Å². The molecule has 7 nitrogen and oxygen atoms in total. The van der Waals surface area contributed by atoms with E-state index in [2.05, 4.69) is 4.98 Å². The summed E-state index contributed by atoms with van der Waals surface area (Å²) in [5.74, 6) is -3.84. The molecular weight excluding hydrogens is 360 g/mol. The first-order valence-corrected chi connectivity index (χ1v) is 6.26. The van der Waals surface area contributed by atoms with Crippen LogP contribution in [0.1, 0.15) is 21.0 Å². The van der Waals surface area contributed by atoms with E-state index in [0.717, 1.165) is 12.1 Å². The third kappa shape index (κ3) is 3.67. The van der Waals surface area contributed by atoms with Crippen LogP contribution in [0.4, 0.5) is 0 Å². The van der Waals surface area contributed by atoms with Crippen molar-refractivity contribution < 1.29 is 83.3 Å². The first-order valence-electron chi connectivity index (χ1n) is 5.88. The summed E-state index contributed by atoms with van der Waals surface area (Å²) in [6, 6.07) is 4.62. The fourth-order valence-electron chi connectivity index (χ4n) is 2.10. The molecule has 0 amide bonds. The summed E-state index contributed by atoms with van der Waals surface area (Å²) in [6.45, 7) is 0. The number of halogens is 1. The Bertz CT molecular complexity index is 1030. The first kappa shape index (κ1) is 21.1. The van der Waals surface area contributed by atoms with Gasteiger partial charge in [0.1, 0.15) is 11.6 Å². The van der Waals surface area contributed by atoms with Gasteiger partial charge >= 0.3 is 59.1 Å². The molecule has 0 aliphatic rings. The fourth-order valence-corrected chi connectivity index (χ4v) is 2.36. The maximum absolute atomic E-state index is 12.1. The number of carbonyl (C=O) groups excluding carboxylic acids is 2. The number of hydrogen-bond donors (Lipinski definition) is 0. The quantitative estimate of drug-likeness (QED) is 0.328. The molecule has 0 saturated heterocycles. The van der Waals surface area contributed by atoms with Gasteiger partial charge in [0, 0.05) is 11.5 Å². The van der Waals surface area contributed by atoms with Crippen molar-refractivity contribution in [2.45, 2.75) is 0 Å². The Kier molecular flexibility index (Phi) is 7.01. The second-order valence-corrected chi connectivity index (χ2v) is 4.78. The van der Waals surface area contributed by atoms with Crippen LogP contribution in [-0.2, 0) is 0 Å². The maximum atomic E-state index is 12.1. The summed E-state index contributed by atoms with van der Waals surface area (Å²) in [4.78, 5) is 37.7. The third-order valence-electron chi connectivity index (χ3n) is 3.03.